The monoisotopic (exact) mass is 282 g/mol. The highest BCUT2D eigenvalue weighted by molar-refractivity contribution is 5.94. The molecule has 0 N–H and O–H groups in total. The van der Waals surface area contributed by atoms with E-state index in [9.17, 15) is 0 Å². The van der Waals surface area contributed by atoms with E-state index in [4.69, 9.17) is 0 Å². The molecule has 0 saturated carbocycles. The van der Waals surface area contributed by atoms with Crippen molar-refractivity contribution in [2.24, 2.45) is 0 Å². The zero-order valence-electron chi connectivity index (χ0n) is 12.0. The molecule has 22 heavy (non-hydrogen) atoms. The molecule has 0 unspecified atom stereocenters. The molecule has 0 radical (unpaired) electrons. The second kappa shape index (κ2) is 5.41. The van der Waals surface area contributed by atoms with Crippen LogP contribution in [0.5, 0.6) is 0 Å². The summed E-state index contributed by atoms with van der Waals surface area (Å²) in [6.07, 6.45) is 8.00. The van der Waals surface area contributed by atoms with Crippen molar-refractivity contribution in [1.82, 2.24) is 9.97 Å². The third-order valence-electron chi connectivity index (χ3n) is 3.81. The van der Waals surface area contributed by atoms with Crippen molar-refractivity contribution in [3.8, 4) is 0 Å². The molecular weight excluding hydrogens is 268 g/mol. The van der Waals surface area contributed by atoms with E-state index in [0.29, 0.717) is 0 Å². The maximum atomic E-state index is 4.40. The number of hydrogen-bond donors (Lipinski definition) is 0. The van der Waals surface area contributed by atoms with Crippen molar-refractivity contribution >= 4 is 34.0 Å². The Morgan fingerprint density at radius 2 is 1.00 bits per heavy atom. The number of benzene rings is 2. The lowest BCUT2D eigenvalue weighted by molar-refractivity contribution is 1.40. The average Bonchev–Trinajstić information content (AvgIpc) is 2.60. The van der Waals surface area contributed by atoms with Crippen LogP contribution in [0.1, 0.15) is 11.1 Å². The molecule has 2 heteroatoms. The molecule has 104 valence electrons. The van der Waals surface area contributed by atoms with Gasteiger partial charge in [-0.3, -0.25) is 9.97 Å². The van der Waals surface area contributed by atoms with Crippen LogP contribution in [0.4, 0.5) is 0 Å². The highest BCUT2D eigenvalue weighted by atomic mass is 14.6. The van der Waals surface area contributed by atoms with Gasteiger partial charge in [0.15, 0.2) is 0 Å². The van der Waals surface area contributed by atoms with Crippen molar-refractivity contribution in [2.45, 2.75) is 0 Å². The van der Waals surface area contributed by atoms with Gasteiger partial charge in [-0.05, 0) is 35.4 Å². The molecule has 0 fully saturated rings. The molecule has 2 heterocycles. The second-order valence-corrected chi connectivity index (χ2v) is 5.17. The van der Waals surface area contributed by atoms with Gasteiger partial charge in [0.1, 0.15) is 0 Å². The minimum atomic E-state index is 1.02. The van der Waals surface area contributed by atoms with Gasteiger partial charge in [-0.15, -0.1) is 0 Å². The van der Waals surface area contributed by atoms with E-state index in [2.05, 4.69) is 34.3 Å². The van der Waals surface area contributed by atoms with Crippen molar-refractivity contribution in [3.05, 3.63) is 84.2 Å². The lowest BCUT2D eigenvalue weighted by atomic mass is 10.1. The van der Waals surface area contributed by atoms with Crippen LogP contribution in [0.15, 0.2) is 73.1 Å². The number of hydrogen-bond acceptors (Lipinski definition) is 2. The van der Waals surface area contributed by atoms with Crippen molar-refractivity contribution < 1.29 is 0 Å². The molecule has 2 aromatic carbocycles. The summed E-state index contributed by atoms with van der Waals surface area (Å²) in [6, 6.07) is 20.5. The number of fused-ring (bicyclic) bond motifs is 2. The SMILES string of the molecule is C(=C\c1ccnc2ccccc12)/c1ccnc2ccccc12. The Kier molecular flexibility index (Phi) is 3.13. The molecule has 0 atom stereocenters. The van der Waals surface area contributed by atoms with E-state index in [1.807, 2.05) is 60.9 Å². The van der Waals surface area contributed by atoms with Gasteiger partial charge in [-0.25, -0.2) is 0 Å². The Hall–Kier alpha value is -3.00. The topological polar surface area (TPSA) is 25.8 Å². The predicted octanol–water partition coefficient (Wildman–Crippen LogP) is 4.95. The van der Waals surface area contributed by atoms with E-state index < -0.39 is 0 Å². The second-order valence-electron chi connectivity index (χ2n) is 5.17. The molecule has 2 aromatic heterocycles. The van der Waals surface area contributed by atoms with Gasteiger partial charge in [0, 0.05) is 23.2 Å². The highest BCUT2D eigenvalue weighted by Crippen LogP contribution is 2.21. The van der Waals surface area contributed by atoms with Crippen molar-refractivity contribution in [3.63, 3.8) is 0 Å². The average molecular weight is 282 g/mol. The van der Waals surface area contributed by atoms with E-state index >= 15 is 0 Å². The largest absolute Gasteiger partial charge is 0.256 e. The summed E-state index contributed by atoms with van der Waals surface area (Å²) < 4.78 is 0. The summed E-state index contributed by atoms with van der Waals surface area (Å²) in [6.45, 7) is 0. The summed E-state index contributed by atoms with van der Waals surface area (Å²) in [5, 5.41) is 2.33. The van der Waals surface area contributed by atoms with E-state index in [1.54, 1.807) is 0 Å². The van der Waals surface area contributed by atoms with Gasteiger partial charge < -0.3 is 0 Å². The fraction of sp³-hybridized carbons (Fsp3) is 0. The first-order chi connectivity index (χ1) is 10.9. The molecular formula is C20H14N2. The van der Waals surface area contributed by atoms with Gasteiger partial charge in [0.25, 0.3) is 0 Å². The fourth-order valence-corrected chi connectivity index (χ4v) is 2.71. The van der Waals surface area contributed by atoms with E-state index in [-0.39, 0.29) is 0 Å². The third-order valence-corrected chi connectivity index (χ3v) is 3.81. The minimum absolute atomic E-state index is 1.02. The molecule has 0 amide bonds. The Labute approximate surface area is 128 Å². The van der Waals surface area contributed by atoms with E-state index in [1.165, 1.54) is 21.9 Å². The third kappa shape index (κ3) is 2.25. The van der Waals surface area contributed by atoms with Gasteiger partial charge in [-0.1, -0.05) is 48.6 Å². The first-order valence-corrected chi connectivity index (χ1v) is 7.27. The molecule has 0 spiro atoms. The molecule has 0 aliphatic rings. The zero-order chi connectivity index (χ0) is 14.8. The van der Waals surface area contributed by atoms with Gasteiger partial charge in [-0.2, -0.15) is 0 Å². The van der Waals surface area contributed by atoms with Gasteiger partial charge >= 0.3 is 0 Å². The summed E-state index contributed by atoms with van der Waals surface area (Å²) >= 11 is 0. The van der Waals surface area contributed by atoms with Crippen LogP contribution in [-0.2, 0) is 0 Å². The number of nitrogens with zero attached hydrogens (tertiary/aromatic N) is 2. The van der Waals surface area contributed by atoms with Crippen molar-refractivity contribution in [2.75, 3.05) is 0 Å². The Morgan fingerprint density at radius 3 is 1.50 bits per heavy atom. The molecule has 4 rings (SSSR count). The summed E-state index contributed by atoms with van der Waals surface area (Å²) in [4.78, 5) is 8.81. The summed E-state index contributed by atoms with van der Waals surface area (Å²) in [7, 11) is 0. The zero-order valence-corrected chi connectivity index (χ0v) is 12.0. The van der Waals surface area contributed by atoms with Crippen LogP contribution in [0.3, 0.4) is 0 Å². The van der Waals surface area contributed by atoms with Gasteiger partial charge in [0.05, 0.1) is 11.0 Å². The molecule has 2 nitrogen and oxygen atoms in total. The Morgan fingerprint density at radius 1 is 0.545 bits per heavy atom. The minimum Gasteiger partial charge on any atom is -0.256 e. The Bertz CT molecular complexity index is 895. The predicted molar refractivity (Wildman–Crippen MR) is 92.4 cm³/mol. The standard InChI is InChI=1S/C20H14N2/c1-3-7-19-17(5-1)15(11-13-21-19)9-10-16-12-14-22-20-8-4-2-6-18(16)20/h1-14H/b10-9+. The van der Waals surface area contributed by atoms with Gasteiger partial charge in [0.2, 0.25) is 0 Å². The van der Waals surface area contributed by atoms with Crippen LogP contribution in [0, 0.1) is 0 Å². The van der Waals surface area contributed by atoms with Crippen LogP contribution < -0.4 is 0 Å². The van der Waals surface area contributed by atoms with Crippen LogP contribution >= 0.6 is 0 Å². The first kappa shape index (κ1) is 12.7. The van der Waals surface area contributed by atoms with Crippen LogP contribution in [-0.4, -0.2) is 9.97 Å². The molecule has 0 aliphatic heterocycles. The maximum absolute atomic E-state index is 4.40. The lowest BCUT2D eigenvalue weighted by Gasteiger charge is -2.03. The summed E-state index contributed by atoms with van der Waals surface area (Å²) in [5.74, 6) is 0. The number of aromatic nitrogens is 2. The highest BCUT2D eigenvalue weighted by Gasteiger charge is 2.00. The quantitative estimate of drug-likeness (QED) is 0.519. The normalized spacial score (nSPS) is 11.5. The number of rotatable bonds is 2. The fourth-order valence-electron chi connectivity index (χ4n) is 2.71. The van der Waals surface area contributed by atoms with E-state index in [0.717, 1.165) is 11.0 Å². The first-order valence-electron chi connectivity index (χ1n) is 7.27. The molecule has 4 aromatic rings. The molecule has 0 saturated heterocycles. The smallest absolute Gasteiger partial charge is 0.0707 e. The van der Waals surface area contributed by atoms with Crippen molar-refractivity contribution in [1.29, 1.82) is 0 Å². The Balaban J connectivity index is 1.83. The molecule has 0 bridgehead atoms. The molecule has 0 aliphatic carbocycles. The maximum Gasteiger partial charge on any atom is 0.0707 e. The summed E-state index contributed by atoms with van der Waals surface area (Å²) in [5.41, 5.74) is 4.38. The lowest BCUT2D eigenvalue weighted by Crippen LogP contribution is -1.83. The van der Waals surface area contributed by atoms with Crippen LogP contribution in [0.25, 0.3) is 34.0 Å². The number of para-hydroxylation sites is 2. The number of pyridine rings is 2. The van der Waals surface area contributed by atoms with Crippen LogP contribution in [0.2, 0.25) is 0 Å².